The number of hydrogen-bond donors (Lipinski definition) is 0. The van der Waals surface area contributed by atoms with Crippen molar-refractivity contribution < 1.29 is 9.47 Å². The number of hydrogen-bond acceptors (Lipinski definition) is 5. The van der Waals surface area contributed by atoms with Gasteiger partial charge in [-0.3, -0.25) is 0 Å². The molecule has 2 heterocycles. The lowest BCUT2D eigenvalue weighted by atomic mass is 9.80. The minimum atomic E-state index is -0.0451. The second-order valence-corrected chi connectivity index (χ2v) is 14.4. The SMILES string of the molecule is CC(C)(C)C1=CN(c2cccc(Oc3cccc(Oc4ccccn4)c3)c2)CN1c1cc(C(C)(C)C)cc(C(C)(C)C)c1. The topological polar surface area (TPSA) is 37.8 Å². The molecule has 0 atom stereocenters. The van der Waals surface area contributed by atoms with Crippen molar-refractivity contribution in [3.8, 4) is 23.1 Å². The Labute approximate surface area is 257 Å². The maximum absolute atomic E-state index is 6.31. The van der Waals surface area contributed by atoms with Gasteiger partial charge in [-0.25, -0.2) is 4.98 Å². The van der Waals surface area contributed by atoms with E-state index in [-0.39, 0.29) is 16.2 Å². The predicted molar refractivity (Wildman–Crippen MR) is 178 cm³/mol. The van der Waals surface area contributed by atoms with Crippen molar-refractivity contribution in [1.29, 1.82) is 0 Å². The van der Waals surface area contributed by atoms with Crippen molar-refractivity contribution in [1.82, 2.24) is 4.98 Å². The number of pyridine rings is 1. The third kappa shape index (κ3) is 7.22. The van der Waals surface area contributed by atoms with Gasteiger partial charge in [-0.05, 0) is 64.4 Å². The lowest BCUT2D eigenvalue weighted by molar-refractivity contribution is 0.449. The molecular formula is C38H45N3O2. The van der Waals surface area contributed by atoms with E-state index in [9.17, 15) is 0 Å². The number of anilines is 2. The van der Waals surface area contributed by atoms with E-state index in [4.69, 9.17) is 9.47 Å². The molecule has 0 N–H and O–H groups in total. The van der Waals surface area contributed by atoms with Crippen LogP contribution in [0.25, 0.3) is 0 Å². The van der Waals surface area contributed by atoms with E-state index in [2.05, 4.69) is 114 Å². The molecule has 0 fully saturated rings. The Balaban J connectivity index is 1.43. The van der Waals surface area contributed by atoms with Crippen LogP contribution in [0.5, 0.6) is 23.1 Å². The van der Waals surface area contributed by atoms with Crippen LogP contribution in [-0.2, 0) is 10.8 Å². The van der Waals surface area contributed by atoms with Gasteiger partial charge in [0.05, 0.1) is 6.67 Å². The van der Waals surface area contributed by atoms with Crippen LogP contribution in [0.2, 0.25) is 0 Å². The average molecular weight is 576 g/mol. The predicted octanol–water partition coefficient (Wildman–Crippen LogP) is 10.4. The lowest BCUT2D eigenvalue weighted by Crippen LogP contribution is -2.31. The molecule has 3 aromatic carbocycles. The summed E-state index contributed by atoms with van der Waals surface area (Å²) >= 11 is 0. The molecular weight excluding hydrogens is 530 g/mol. The van der Waals surface area contributed by atoms with Crippen molar-refractivity contribution >= 4 is 11.4 Å². The van der Waals surface area contributed by atoms with Gasteiger partial charge >= 0.3 is 0 Å². The number of benzene rings is 3. The Morgan fingerprint density at radius 3 is 1.77 bits per heavy atom. The Hall–Kier alpha value is -4.25. The Morgan fingerprint density at radius 2 is 1.19 bits per heavy atom. The van der Waals surface area contributed by atoms with Crippen molar-refractivity contribution in [2.45, 2.75) is 73.1 Å². The van der Waals surface area contributed by atoms with Gasteiger partial charge in [0.1, 0.15) is 17.2 Å². The summed E-state index contributed by atoms with van der Waals surface area (Å²) in [6.07, 6.45) is 4.01. The van der Waals surface area contributed by atoms with Crippen LogP contribution in [0.1, 0.15) is 73.4 Å². The zero-order valence-electron chi connectivity index (χ0n) is 27.1. The minimum absolute atomic E-state index is 0.0451. The van der Waals surface area contributed by atoms with Crippen LogP contribution in [0.15, 0.2) is 103 Å². The third-order valence-electron chi connectivity index (χ3n) is 7.64. The van der Waals surface area contributed by atoms with Crippen molar-refractivity contribution in [2.24, 2.45) is 5.41 Å². The van der Waals surface area contributed by atoms with E-state index in [1.807, 2.05) is 54.6 Å². The number of rotatable bonds is 6. The number of aromatic nitrogens is 1. The van der Waals surface area contributed by atoms with Crippen LogP contribution in [0.3, 0.4) is 0 Å². The van der Waals surface area contributed by atoms with Crippen LogP contribution in [-0.4, -0.2) is 11.7 Å². The van der Waals surface area contributed by atoms with E-state index < -0.39 is 0 Å². The monoisotopic (exact) mass is 575 g/mol. The van der Waals surface area contributed by atoms with Crippen molar-refractivity contribution in [3.05, 3.63) is 114 Å². The molecule has 1 aliphatic rings. The van der Waals surface area contributed by atoms with Gasteiger partial charge in [0.25, 0.3) is 0 Å². The van der Waals surface area contributed by atoms with Gasteiger partial charge in [0.15, 0.2) is 0 Å². The highest BCUT2D eigenvalue weighted by Crippen LogP contribution is 2.41. The fourth-order valence-corrected chi connectivity index (χ4v) is 5.09. The lowest BCUT2D eigenvalue weighted by Gasteiger charge is -2.33. The van der Waals surface area contributed by atoms with Gasteiger partial charge in [-0.15, -0.1) is 0 Å². The standard InChI is InChI=1S/C38H45N3O2/c1-36(2,3)27-20-28(37(4,5)6)22-30(21-27)41-26-40(25-34(41)38(7,8)9)29-14-12-15-31(23-29)42-32-16-13-17-33(24-32)43-35-18-10-11-19-39-35/h10-25H,26H2,1-9H3. The van der Waals surface area contributed by atoms with Crippen LogP contribution in [0.4, 0.5) is 11.4 Å². The first-order valence-corrected chi connectivity index (χ1v) is 15.1. The second-order valence-electron chi connectivity index (χ2n) is 14.4. The molecule has 0 bridgehead atoms. The van der Waals surface area contributed by atoms with Crippen molar-refractivity contribution in [2.75, 3.05) is 16.5 Å². The van der Waals surface area contributed by atoms with Crippen LogP contribution >= 0.6 is 0 Å². The smallest absolute Gasteiger partial charge is 0.219 e. The summed E-state index contributed by atoms with van der Waals surface area (Å²) < 4.78 is 12.2. The van der Waals surface area contributed by atoms with E-state index >= 15 is 0 Å². The van der Waals surface area contributed by atoms with Gasteiger partial charge in [0, 0.05) is 53.1 Å². The molecule has 1 aliphatic heterocycles. The molecule has 0 saturated heterocycles. The molecule has 224 valence electrons. The summed E-state index contributed by atoms with van der Waals surface area (Å²) in [5.41, 5.74) is 6.35. The zero-order chi connectivity index (χ0) is 31.0. The molecule has 1 aromatic heterocycles. The first kappa shape index (κ1) is 30.2. The van der Waals surface area contributed by atoms with Crippen LogP contribution < -0.4 is 19.3 Å². The van der Waals surface area contributed by atoms with E-state index in [0.29, 0.717) is 17.4 Å². The summed E-state index contributed by atoms with van der Waals surface area (Å²) in [5, 5.41) is 0. The molecule has 0 amide bonds. The fraction of sp³-hybridized carbons (Fsp3) is 0.342. The summed E-state index contributed by atoms with van der Waals surface area (Å²) in [6, 6.07) is 28.6. The summed E-state index contributed by atoms with van der Waals surface area (Å²) in [4.78, 5) is 9.03. The first-order valence-electron chi connectivity index (χ1n) is 15.1. The highest BCUT2D eigenvalue weighted by molar-refractivity contribution is 5.66. The molecule has 5 rings (SSSR count). The third-order valence-corrected chi connectivity index (χ3v) is 7.64. The van der Waals surface area contributed by atoms with Gasteiger partial charge in [-0.1, -0.05) is 86.6 Å². The molecule has 43 heavy (non-hydrogen) atoms. The van der Waals surface area contributed by atoms with Crippen LogP contribution in [0, 0.1) is 5.41 Å². The first-order chi connectivity index (χ1) is 20.2. The molecule has 0 saturated carbocycles. The maximum Gasteiger partial charge on any atom is 0.219 e. The highest BCUT2D eigenvalue weighted by atomic mass is 16.5. The zero-order valence-corrected chi connectivity index (χ0v) is 27.1. The van der Waals surface area contributed by atoms with Crippen molar-refractivity contribution in [3.63, 3.8) is 0 Å². The summed E-state index contributed by atoms with van der Waals surface area (Å²) in [7, 11) is 0. The molecule has 0 radical (unpaired) electrons. The molecule has 0 unspecified atom stereocenters. The Kier molecular flexibility index (Phi) is 8.04. The highest BCUT2D eigenvalue weighted by Gasteiger charge is 2.33. The fourth-order valence-electron chi connectivity index (χ4n) is 5.09. The van der Waals surface area contributed by atoms with Gasteiger partial charge < -0.3 is 19.3 Å². The number of allylic oxidation sites excluding steroid dienone is 1. The van der Waals surface area contributed by atoms with E-state index in [1.165, 1.54) is 22.5 Å². The average Bonchev–Trinajstić information content (AvgIpc) is 3.40. The molecule has 5 nitrogen and oxygen atoms in total. The van der Waals surface area contributed by atoms with E-state index in [0.717, 1.165) is 18.1 Å². The second kappa shape index (κ2) is 11.4. The van der Waals surface area contributed by atoms with Gasteiger partial charge in [0.2, 0.25) is 5.88 Å². The molecule has 5 heteroatoms. The maximum atomic E-state index is 6.31. The Morgan fingerprint density at radius 1 is 0.581 bits per heavy atom. The summed E-state index contributed by atoms with van der Waals surface area (Å²) in [6.45, 7) is 21.3. The largest absolute Gasteiger partial charge is 0.457 e. The normalized spacial score (nSPS) is 14.1. The Bertz CT molecular complexity index is 1570. The molecule has 4 aromatic rings. The molecule has 0 spiro atoms. The van der Waals surface area contributed by atoms with Gasteiger partial charge in [-0.2, -0.15) is 0 Å². The number of nitrogens with zero attached hydrogens (tertiary/aromatic N) is 3. The summed E-state index contributed by atoms with van der Waals surface area (Å²) in [5.74, 6) is 2.69. The molecule has 0 aliphatic carbocycles. The number of ether oxygens (including phenoxy) is 2. The van der Waals surface area contributed by atoms with E-state index in [1.54, 1.807) is 6.20 Å². The quantitative estimate of drug-likeness (QED) is 0.229. The minimum Gasteiger partial charge on any atom is -0.457 e.